The van der Waals surface area contributed by atoms with E-state index in [0.717, 1.165) is 89.9 Å². The van der Waals surface area contributed by atoms with E-state index in [1.165, 1.54) is 167 Å². The number of hydrogen-bond donors (Lipinski definition) is 3. The molecule has 0 aromatic heterocycles. The number of carbonyl (C=O) groups is 2. The van der Waals surface area contributed by atoms with Gasteiger partial charge in [-0.25, -0.2) is 0 Å². The second-order valence-corrected chi connectivity index (χ2v) is 19.3. The Morgan fingerprint density at radius 1 is 0.424 bits per heavy atom. The molecule has 6 heteroatoms. The molecule has 1 amide bonds. The minimum Gasteiger partial charge on any atom is -0.466 e. The van der Waals surface area contributed by atoms with Crippen LogP contribution in [0.25, 0.3) is 0 Å². The van der Waals surface area contributed by atoms with Gasteiger partial charge in [-0.2, -0.15) is 0 Å². The monoisotopic (exact) mass is 924 g/mol. The lowest BCUT2D eigenvalue weighted by atomic mass is 10.0. The summed E-state index contributed by atoms with van der Waals surface area (Å²) in [5, 5.41) is 23.0. The molecular weight excluding hydrogens is 815 g/mol. The van der Waals surface area contributed by atoms with Crippen molar-refractivity contribution in [3.63, 3.8) is 0 Å². The molecular formula is C60H109NO5. The Kier molecular flexibility index (Phi) is 53.1. The largest absolute Gasteiger partial charge is 0.466 e. The second-order valence-electron chi connectivity index (χ2n) is 19.3. The number of esters is 1. The van der Waals surface area contributed by atoms with Crippen LogP contribution in [0.2, 0.25) is 0 Å². The average molecular weight is 925 g/mol. The van der Waals surface area contributed by atoms with E-state index in [9.17, 15) is 19.8 Å². The Morgan fingerprint density at radius 2 is 0.758 bits per heavy atom. The molecule has 0 saturated carbocycles. The molecule has 3 N–H and O–H groups in total. The first-order valence-electron chi connectivity index (χ1n) is 28.6. The van der Waals surface area contributed by atoms with Gasteiger partial charge in [0.2, 0.25) is 5.91 Å². The van der Waals surface area contributed by atoms with Crippen LogP contribution < -0.4 is 5.32 Å². The van der Waals surface area contributed by atoms with Gasteiger partial charge in [-0.05, 0) is 103 Å². The topological polar surface area (TPSA) is 95.9 Å². The molecule has 0 spiro atoms. The zero-order valence-corrected chi connectivity index (χ0v) is 43.7. The van der Waals surface area contributed by atoms with Crippen LogP contribution in [0.5, 0.6) is 0 Å². The maximum atomic E-state index is 12.4. The summed E-state index contributed by atoms with van der Waals surface area (Å²) < 4.78 is 5.46. The third-order valence-corrected chi connectivity index (χ3v) is 12.8. The molecule has 0 aliphatic heterocycles. The lowest BCUT2D eigenvalue weighted by Crippen LogP contribution is -2.45. The highest BCUT2D eigenvalue weighted by atomic mass is 16.5. The Bertz CT molecular complexity index is 1160. The van der Waals surface area contributed by atoms with Crippen LogP contribution in [0.1, 0.15) is 284 Å². The predicted molar refractivity (Wildman–Crippen MR) is 287 cm³/mol. The van der Waals surface area contributed by atoms with E-state index in [1.807, 2.05) is 6.08 Å². The van der Waals surface area contributed by atoms with Gasteiger partial charge in [0.1, 0.15) is 0 Å². The van der Waals surface area contributed by atoms with E-state index in [1.54, 1.807) is 6.08 Å². The van der Waals surface area contributed by atoms with Crippen LogP contribution in [0, 0.1) is 0 Å². The van der Waals surface area contributed by atoms with Gasteiger partial charge in [-0.3, -0.25) is 9.59 Å². The van der Waals surface area contributed by atoms with Gasteiger partial charge in [0, 0.05) is 12.8 Å². The van der Waals surface area contributed by atoms with E-state index in [0.29, 0.717) is 19.4 Å². The molecule has 0 aromatic rings. The maximum absolute atomic E-state index is 12.4. The third kappa shape index (κ3) is 51.0. The van der Waals surface area contributed by atoms with Gasteiger partial charge in [-0.15, -0.1) is 0 Å². The minimum atomic E-state index is -0.856. The van der Waals surface area contributed by atoms with Crippen LogP contribution in [-0.4, -0.2) is 47.4 Å². The van der Waals surface area contributed by atoms with Crippen molar-refractivity contribution < 1.29 is 24.5 Å². The number of aliphatic hydroxyl groups excluding tert-OH is 2. The summed E-state index contributed by atoms with van der Waals surface area (Å²) in [4.78, 5) is 24.5. The number of carbonyl (C=O) groups excluding carboxylic acids is 2. The van der Waals surface area contributed by atoms with Crippen molar-refractivity contribution >= 4 is 11.9 Å². The van der Waals surface area contributed by atoms with Crippen LogP contribution in [-0.2, 0) is 14.3 Å². The van der Waals surface area contributed by atoms with E-state index >= 15 is 0 Å². The quantitative estimate of drug-likeness (QED) is 0.0321. The minimum absolute atomic E-state index is 0.0211. The van der Waals surface area contributed by atoms with Gasteiger partial charge >= 0.3 is 5.97 Å². The van der Waals surface area contributed by atoms with E-state index in [2.05, 4.69) is 67.8 Å². The fourth-order valence-electron chi connectivity index (χ4n) is 8.34. The second kappa shape index (κ2) is 55.2. The Balaban J connectivity index is 3.51. The zero-order chi connectivity index (χ0) is 47.9. The number of hydrogen-bond acceptors (Lipinski definition) is 5. The molecule has 0 bridgehead atoms. The normalized spacial score (nSPS) is 13.1. The number of unbranched alkanes of at least 4 members (excludes halogenated alkanes) is 33. The molecule has 0 fully saturated rings. The number of aliphatic hydroxyl groups is 2. The van der Waals surface area contributed by atoms with Crippen molar-refractivity contribution in [1.29, 1.82) is 0 Å². The van der Waals surface area contributed by atoms with Crippen molar-refractivity contribution in [3.8, 4) is 0 Å². The fraction of sp³-hybridized carbons (Fsp3) is 0.800. The third-order valence-electron chi connectivity index (χ3n) is 12.8. The Morgan fingerprint density at radius 3 is 1.18 bits per heavy atom. The number of allylic oxidation sites excluding steroid dienone is 9. The van der Waals surface area contributed by atoms with E-state index in [-0.39, 0.29) is 18.5 Å². The van der Waals surface area contributed by atoms with Crippen molar-refractivity contribution in [1.82, 2.24) is 5.32 Å². The first-order valence-corrected chi connectivity index (χ1v) is 28.6. The molecule has 384 valence electrons. The summed E-state index contributed by atoms with van der Waals surface area (Å²) in [6.45, 7) is 4.82. The molecule has 2 unspecified atom stereocenters. The smallest absolute Gasteiger partial charge is 0.305 e. The van der Waals surface area contributed by atoms with Gasteiger partial charge in [0.15, 0.2) is 0 Å². The van der Waals surface area contributed by atoms with Crippen LogP contribution >= 0.6 is 0 Å². The van der Waals surface area contributed by atoms with Crippen molar-refractivity contribution in [2.75, 3.05) is 13.2 Å². The predicted octanol–water partition coefficient (Wildman–Crippen LogP) is 17.6. The highest BCUT2D eigenvalue weighted by molar-refractivity contribution is 5.76. The van der Waals surface area contributed by atoms with Crippen molar-refractivity contribution in [2.45, 2.75) is 296 Å². The van der Waals surface area contributed by atoms with E-state index in [4.69, 9.17) is 4.74 Å². The zero-order valence-electron chi connectivity index (χ0n) is 43.7. The molecule has 0 radical (unpaired) electrons. The summed E-state index contributed by atoms with van der Waals surface area (Å²) >= 11 is 0. The molecule has 66 heavy (non-hydrogen) atoms. The van der Waals surface area contributed by atoms with Crippen LogP contribution in [0.4, 0.5) is 0 Å². The number of rotatable bonds is 52. The van der Waals surface area contributed by atoms with Gasteiger partial charge in [-0.1, -0.05) is 229 Å². The molecule has 0 rings (SSSR count). The Hall–Kier alpha value is -2.44. The first kappa shape index (κ1) is 63.6. The highest BCUT2D eigenvalue weighted by Gasteiger charge is 2.18. The van der Waals surface area contributed by atoms with Crippen LogP contribution in [0.3, 0.4) is 0 Å². The lowest BCUT2D eigenvalue weighted by Gasteiger charge is -2.20. The molecule has 0 heterocycles. The van der Waals surface area contributed by atoms with Gasteiger partial charge in [0.25, 0.3) is 0 Å². The summed E-state index contributed by atoms with van der Waals surface area (Å²) in [6, 6.07) is -0.641. The SMILES string of the molecule is CCCCC/C=C\C/C=C\CCCCCCCCCCCC(=O)OCCCCC/C=C\C/C=C\CCCCCCCCCC(=O)NC(CO)C(O)/C=C/CCCCCCCCCCCCC. The maximum Gasteiger partial charge on any atom is 0.305 e. The number of ether oxygens (including phenoxy) is 1. The van der Waals surface area contributed by atoms with Gasteiger partial charge in [0.05, 0.1) is 25.4 Å². The fourth-order valence-corrected chi connectivity index (χ4v) is 8.34. The highest BCUT2D eigenvalue weighted by Crippen LogP contribution is 2.15. The molecule has 0 saturated heterocycles. The summed E-state index contributed by atoms with van der Waals surface area (Å²) in [7, 11) is 0. The lowest BCUT2D eigenvalue weighted by molar-refractivity contribution is -0.143. The molecule has 0 aliphatic carbocycles. The standard InChI is InChI=1S/C60H109NO5/c1-3-5-7-9-11-13-15-17-18-19-20-23-26-30-34-38-42-46-50-54-60(65)66-55-51-47-43-39-35-31-27-24-21-22-25-29-33-37-41-45-49-53-59(64)61-57(56-62)58(63)52-48-44-40-36-32-28-16-14-12-10-8-6-4-2/h11,13,17-18,21,24,31,35,48,52,57-58,62-63H,3-10,12,14-16,19-20,22-23,25-30,32-34,36-47,49-51,53-56H2,1-2H3,(H,61,64)/b13-11-,18-17-,24-21-,35-31-,52-48+. The molecule has 6 nitrogen and oxygen atoms in total. The molecule has 0 aliphatic rings. The number of amides is 1. The number of nitrogens with one attached hydrogen (secondary N) is 1. The Labute approximate surface area is 409 Å². The van der Waals surface area contributed by atoms with Crippen LogP contribution in [0.15, 0.2) is 60.8 Å². The van der Waals surface area contributed by atoms with Crippen molar-refractivity contribution in [3.05, 3.63) is 60.8 Å². The molecule has 2 atom stereocenters. The summed E-state index contributed by atoms with van der Waals surface area (Å²) in [6.07, 6.45) is 70.9. The summed E-state index contributed by atoms with van der Waals surface area (Å²) in [5.74, 6) is -0.107. The van der Waals surface area contributed by atoms with E-state index < -0.39 is 12.1 Å². The first-order chi connectivity index (χ1) is 32.5. The average Bonchev–Trinajstić information content (AvgIpc) is 3.32. The summed E-state index contributed by atoms with van der Waals surface area (Å²) in [5.41, 5.74) is 0. The van der Waals surface area contributed by atoms with Gasteiger partial charge < -0.3 is 20.3 Å². The van der Waals surface area contributed by atoms with Crippen molar-refractivity contribution in [2.24, 2.45) is 0 Å². The molecule has 0 aromatic carbocycles.